The highest BCUT2D eigenvalue weighted by Crippen LogP contribution is 2.28. The molecular weight excluding hydrogens is 148 g/mol. The van der Waals surface area contributed by atoms with Crippen molar-refractivity contribution in [3.8, 4) is 0 Å². The summed E-state index contributed by atoms with van der Waals surface area (Å²) in [5, 5.41) is 0. The summed E-state index contributed by atoms with van der Waals surface area (Å²) in [6.45, 7) is 10.00. The van der Waals surface area contributed by atoms with Gasteiger partial charge in [0.2, 0.25) is 0 Å². The molecule has 0 fully saturated rings. The van der Waals surface area contributed by atoms with Gasteiger partial charge in [0.25, 0.3) is 0 Å². The molecule has 1 unspecified atom stereocenters. The summed E-state index contributed by atoms with van der Waals surface area (Å²) >= 11 is 0. The van der Waals surface area contributed by atoms with Crippen LogP contribution in [0.25, 0.3) is 0 Å². The predicted octanol–water partition coefficient (Wildman–Crippen LogP) is 2.24. The van der Waals surface area contributed by atoms with Crippen molar-refractivity contribution in [2.24, 2.45) is 0 Å². The second-order valence-electron chi connectivity index (χ2n) is 3.46. The van der Waals surface area contributed by atoms with Crippen molar-refractivity contribution in [1.29, 1.82) is 0 Å². The van der Waals surface area contributed by atoms with Crippen LogP contribution in [0.1, 0.15) is 34.1 Å². The Bertz CT molecular complexity index is 196. The van der Waals surface area contributed by atoms with E-state index in [2.05, 4.69) is 44.5 Å². The van der Waals surface area contributed by atoms with Gasteiger partial charge in [-0.25, -0.2) is 0 Å². The third kappa shape index (κ3) is 1.19. The molecule has 0 amide bonds. The first-order valence-corrected chi connectivity index (χ1v) is 4.80. The van der Waals surface area contributed by atoms with Gasteiger partial charge in [-0.05, 0) is 27.2 Å². The fourth-order valence-electron chi connectivity index (χ4n) is 2.06. The van der Waals surface area contributed by atoms with E-state index in [0.29, 0.717) is 6.17 Å². The van der Waals surface area contributed by atoms with Crippen LogP contribution in [0.5, 0.6) is 0 Å². The zero-order chi connectivity index (χ0) is 9.30. The van der Waals surface area contributed by atoms with E-state index in [1.165, 1.54) is 17.8 Å². The molecule has 0 aliphatic carbocycles. The van der Waals surface area contributed by atoms with Crippen molar-refractivity contribution in [2.45, 2.75) is 40.3 Å². The monoisotopic (exact) mass is 168 g/mol. The highest BCUT2D eigenvalue weighted by molar-refractivity contribution is 5.15. The average Bonchev–Trinajstić information content (AvgIpc) is 2.29. The number of allylic oxidation sites excluding steroid dienone is 2. The summed E-state index contributed by atoms with van der Waals surface area (Å²) in [5.74, 6) is 0. The third-order valence-corrected chi connectivity index (χ3v) is 3.00. The predicted molar refractivity (Wildman–Crippen MR) is 52.6 cm³/mol. The minimum Gasteiger partial charge on any atom is -0.356 e. The van der Waals surface area contributed by atoms with Crippen LogP contribution >= 0.6 is 0 Å². The van der Waals surface area contributed by atoms with Gasteiger partial charge in [0.05, 0.1) is 0 Å². The number of rotatable bonds is 2. The molecule has 2 nitrogen and oxygen atoms in total. The van der Waals surface area contributed by atoms with E-state index >= 15 is 0 Å². The molecule has 12 heavy (non-hydrogen) atoms. The first-order chi connectivity index (χ1) is 5.63. The van der Waals surface area contributed by atoms with Gasteiger partial charge in [-0.1, -0.05) is 6.92 Å². The van der Waals surface area contributed by atoms with Crippen LogP contribution in [-0.4, -0.2) is 29.6 Å². The SMILES string of the molecule is CCC1N(C)C(C)=C(C)N1CC. The molecular formula is C10H20N2. The largest absolute Gasteiger partial charge is 0.356 e. The highest BCUT2D eigenvalue weighted by atomic mass is 15.4. The molecule has 1 aliphatic heterocycles. The van der Waals surface area contributed by atoms with Gasteiger partial charge in [0.15, 0.2) is 0 Å². The van der Waals surface area contributed by atoms with E-state index in [-0.39, 0.29) is 0 Å². The van der Waals surface area contributed by atoms with E-state index in [0.717, 1.165) is 6.54 Å². The van der Waals surface area contributed by atoms with Gasteiger partial charge in [-0.2, -0.15) is 0 Å². The molecule has 0 N–H and O–H groups in total. The fraction of sp³-hybridized carbons (Fsp3) is 0.800. The normalized spacial score (nSPS) is 24.2. The van der Waals surface area contributed by atoms with Gasteiger partial charge in [0, 0.05) is 25.0 Å². The number of nitrogens with zero attached hydrogens (tertiary/aromatic N) is 2. The Morgan fingerprint density at radius 1 is 1.17 bits per heavy atom. The summed E-state index contributed by atoms with van der Waals surface area (Å²) in [5.41, 5.74) is 2.86. The van der Waals surface area contributed by atoms with E-state index in [9.17, 15) is 0 Å². The molecule has 0 aromatic rings. The van der Waals surface area contributed by atoms with Crippen molar-refractivity contribution in [1.82, 2.24) is 9.80 Å². The molecule has 0 aromatic heterocycles. The van der Waals surface area contributed by atoms with E-state index in [1.807, 2.05) is 0 Å². The topological polar surface area (TPSA) is 6.48 Å². The van der Waals surface area contributed by atoms with Gasteiger partial charge in [-0.3, -0.25) is 0 Å². The maximum Gasteiger partial charge on any atom is 0.100 e. The molecule has 2 heteroatoms. The molecule has 1 rings (SSSR count). The molecule has 0 saturated carbocycles. The quantitative estimate of drug-likeness (QED) is 0.624. The minimum atomic E-state index is 0.593. The Morgan fingerprint density at radius 3 is 2.08 bits per heavy atom. The molecule has 0 bridgehead atoms. The maximum absolute atomic E-state index is 2.47. The van der Waals surface area contributed by atoms with Gasteiger partial charge < -0.3 is 9.80 Å². The van der Waals surface area contributed by atoms with Crippen LogP contribution in [0.3, 0.4) is 0 Å². The first kappa shape index (κ1) is 9.43. The molecule has 0 spiro atoms. The van der Waals surface area contributed by atoms with Crippen molar-refractivity contribution in [3.63, 3.8) is 0 Å². The van der Waals surface area contributed by atoms with Gasteiger partial charge >= 0.3 is 0 Å². The molecule has 1 aliphatic rings. The Kier molecular flexibility index (Phi) is 2.65. The highest BCUT2D eigenvalue weighted by Gasteiger charge is 2.28. The van der Waals surface area contributed by atoms with Gasteiger partial charge in [0.1, 0.15) is 6.17 Å². The molecule has 0 aromatic carbocycles. The minimum absolute atomic E-state index is 0.593. The van der Waals surface area contributed by atoms with Crippen LogP contribution < -0.4 is 0 Å². The fourth-order valence-corrected chi connectivity index (χ4v) is 2.06. The smallest absolute Gasteiger partial charge is 0.100 e. The maximum atomic E-state index is 2.47. The van der Waals surface area contributed by atoms with Crippen molar-refractivity contribution in [3.05, 3.63) is 11.4 Å². The summed E-state index contributed by atoms with van der Waals surface area (Å²) in [6.07, 6.45) is 1.79. The lowest BCUT2D eigenvalue weighted by molar-refractivity contribution is 0.162. The molecule has 0 saturated heterocycles. The summed E-state index contributed by atoms with van der Waals surface area (Å²) in [7, 11) is 2.18. The van der Waals surface area contributed by atoms with Crippen molar-refractivity contribution >= 4 is 0 Å². The van der Waals surface area contributed by atoms with Gasteiger partial charge in [-0.15, -0.1) is 0 Å². The molecule has 1 heterocycles. The number of hydrogen-bond acceptors (Lipinski definition) is 2. The lowest BCUT2D eigenvalue weighted by Gasteiger charge is -2.30. The zero-order valence-electron chi connectivity index (χ0n) is 8.89. The van der Waals surface area contributed by atoms with E-state index < -0.39 is 0 Å². The average molecular weight is 168 g/mol. The molecule has 70 valence electrons. The van der Waals surface area contributed by atoms with Crippen LogP contribution in [0.4, 0.5) is 0 Å². The second kappa shape index (κ2) is 3.38. The third-order valence-electron chi connectivity index (χ3n) is 3.00. The van der Waals surface area contributed by atoms with Crippen molar-refractivity contribution in [2.75, 3.05) is 13.6 Å². The summed E-state index contributed by atoms with van der Waals surface area (Å²) in [6, 6.07) is 0. The lowest BCUT2D eigenvalue weighted by Crippen LogP contribution is -2.37. The van der Waals surface area contributed by atoms with E-state index in [4.69, 9.17) is 0 Å². The second-order valence-corrected chi connectivity index (χ2v) is 3.46. The van der Waals surface area contributed by atoms with E-state index in [1.54, 1.807) is 0 Å². The molecule has 1 atom stereocenters. The van der Waals surface area contributed by atoms with Crippen LogP contribution in [0, 0.1) is 0 Å². The zero-order valence-corrected chi connectivity index (χ0v) is 8.89. The van der Waals surface area contributed by atoms with Crippen molar-refractivity contribution < 1.29 is 0 Å². The summed E-state index contributed by atoms with van der Waals surface area (Å²) in [4.78, 5) is 4.84. The first-order valence-electron chi connectivity index (χ1n) is 4.80. The Labute approximate surface area is 75.8 Å². The van der Waals surface area contributed by atoms with Crippen LogP contribution in [0.15, 0.2) is 11.4 Å². The molecule has 0 radical (unpaired) electrons. The Hall–Kier alpha value is -0.660. The lowest BCUT2D eigenvalue weighted by atomic mass is 10.3. The summed E-state index contributed by atoms with van der Waals surface area (Å²) < 4.78 is 0. The number of hydrogen-bond donors (Lipinski definition) is 0. The van der Waals surface area contributed by atoms with Crippen LogP contribution in [0.2, 0.25) is 0 Å². The Balaban J connectivity index is 2.85. The Morgan fingerprint density at radius 2 is 1.75 bits per heavy atom. The standard InChI is InChI=1S/C10H20N2/c1-6-10-11(5)8(3)9(4)12(10)7-2/h10H,6-7H2,1-5H3. The van der Waals surface area contributed by atoms with Crippen LogP contribution in [-0.2, 0) is 0 Å².